The Morgan fingerprint density at radius 1 is 1.29 bits per heavy atom. The average molecular weight is 242 g/mol. The van der Waals surface area contributed by atoms with Crippen molar-refractivity contribution in [3.63, 3.8) is 0 Å². The first-order chi connectivity index (χ1) is 7.82. The van der Waals surface area contributed by atoms with E-state index in [9.17, 15) is 4.79 Å². The number of hydrogen-bond acceptors (Lipinski definition) is 2. The van der Waals surface area contributed by atoms with E-state index < -0.39 is 0 Å². The van der Waals surface area contributed by atoms with Crippen molar-refractivity contribution in [2.45, 2.75) is 65.8 Å². The molecule has 3 heteroatoms. The van der Waals surface area contributed by atoms with Crippen molar-refractivity contribution >= 4 is 5.91 Å². The van der Waals surface area contributed by atoms with E-state index in [1.54, 1.807) is 0 Å². The van der Waals surface area contributed by atoms with Gasteiger partial charge in [-0.05, 0) is 51.5 Å². The zero-order chi connectivity index (χ0) is 13.5. The van der Waals surface area contributed by atoms with Gasteiger partial charge in [0.25, 0.3) is 0 Å². The Morgan fingerprint density at radius 3 is 2.29 bits per heavy atom. The normalized spacial score (nSPS) is 13.8. The number of carbonyl (C=O) groups excluding carboxylic acids is 1. The van der Waals surface area contributed by atoms with Gasteiger partial charge in [0.2, 0.25) is 5.91 Å². The van der Waals surface area contributed by atoms with E-state index in [2.05, 4.69) is 39.9 Å². The molecule has 0 radical (unpaired) electrons. The van der Waals surface area contributed by atoms with Crippen LogP contribution in [0.5, 0.6) is 0 Å². The first-order valence-corrected chi connectivity index (χ1v) is 6.83. The van der Waals surface area contributed by atoms with Gasteiger partial charge >= 0.3 is 0 Å². The minimum absolute atomic E-state index is 0.0850. The molecule has 0 aliphatic heterocycles. The summed E-state index contributed by atoms with van der Waals surface area (Å²) in [5, 5.41) is 3.07. The summed E-state index contributed by atoms with van der Waals surface area (Å²) < 4.78 is 0. The molecule has 102 valence electrons. The van der Waals surface area contributed by atoms with Gasteiger partial charge in [-0.15, -0.1) is 0 Å². The van der Waals surface area contributed by atoms with E-state index in [0.29, 0.717) is 24.8 Å². The zero-order valence-electron chi connectivity index (χ0n) is 12.2. The quantitative estimate of drug-likeness (QED) is 0.687. The molecule has 0 rings (SSSR count). The molecule has 3 nitrogen and oxygen atoms in total. The van der Waals surface area contributed by atoms with Crippen molar-refractivity contribution in [1.29, 1.82) is 0 Å². The summed E-state index contributed by atoms with van der Waals surface area (Å²) in [7, 11) is 0. The Morgan fingerprint density at radius 2 is 1.88 bits per heavy atom. The molecule has 0 aromatic heterocycles. The molecule has 0 saturated carbocycles. The van der Waals surface area contributed by atoms with Crippen LogP contribution in [-0.2, 0) is 4.79 Å². The second kappa shape index (κ2) is 7.70. The summed E-state index contributed by atoms with van der Waals surface area (Å²) in [6.45, 7) is 11.3. The third-order valence-electron chi connectivity index (χ3n) is 3.58. The van der Waals surface area contributed by atoms with Crippen LogP contribution in [0.1, 0.15) is 60.3 Å². The molecular weight excluding hydrogens is 212 g/mol. The van der Waals surface area contributed by atoms with E-state index in [4.69, 9.17) is 5.73 Å². The Bertz CT molecular complexity index is 224. The van der Waals surface area contributed by atoms with Crippen LogP contribution >= 0.6 is 0 Å². The zero-order valence-corrected chi connectivity index (χ0v) is 12.2. The fraction of sp³-hybridized carbons (Fsp3) is 0.929. The molecule has 0 aliphatic rings. The third-order valence-corrected chi connectivity index (χ3v) is 3.58. The van der Waals surface area contributed by atoms with Gasteiger partial charge in [0.1, 0.15) is 0 Å². The fourth-order valence-corrected chi connectivity index (χ4v) is 1.87. The van der Waals surface area contributed by atoms with Gasteiger partial charge in [-0.3, -0.25) is 4.79 Å². The maximum atomic E-state index is 11.8. The van der Waals surface area contributed by atoms with E-state index >= 15 is 0 Å². The predicted molar refractivity (Wildman–Crippen MR) is 73.7 cm³/mol. The van der Waals surface area contributed by atoms with Gasteiger partial charge < -0.3 is 11.1 Å². The Hall–Kier alpha value is -0.570. The van der Waals surface area contributed by atoms with Gasteiger partial charge in [0, 0.05) is 12.0 Å². The molecule has 3 N–H and O–H groups in total. The Labute approximate surface area is 107 Å². The van der Waals surface area contributed by atoms with Crippen LogP contribution in [0.25, 0.3) is 0 Å². The number of nitrogens with one attached hydrogen (secondary N) is 1. The van der Waals surface area contributed by atoms with Gasteiger partial charge in [-0.2, -0.15) is 0 Å². The highest BCUT2D eigenvalue weighted by Crippen LogP contribution is 2.20. The summed E-state index contributed by atoms with van der Waals surface area (Å²) in [4.78, 5) is 11.8. The lowest BCUT2D eigenvalue weighted by molar-refractivity contribution is -0.123. The Balaban J connectivity index is 4.04. The summed E-state index contributed by atoms with van der Waals surface area (Å²) in [6, 6.07) is 0. The number of nitrogens with two attached hydrogens (primary N) is 1. The van der Waals surface area contributed by atoms with Crippen molar-refractivity contribution in [3.05, 3.63) is 0 Å². The molecule has 0 saturated heterocycles. The number of rotatable bonds is 8. The van der Waals surface area contributed by atoms with Gasteiger partial charge in [0.05, 0.1) is 0 Å². The topological polar surface area (TPSA) is 55.1 Å². The molecule has 1 amide bonds. The van der Waals surface area contributed by atoms with Gasteiger partial charge in [0.15, 0.2) is 0 Å². The predicted octanol–water partition coefficient (Wildman–Crippen LogP) is 2.69. The minimum Gasteiger partial charge on any atom is -0.351 e. The lowest BCUT2D eigenvalue weighted by Crippen LogP contribution is -2.42. The SMILES string of the molecule is CCC(C)(C)NC(=O)CCC(CCN)C(C)C. The van der Waals surface area contributed by atoms with Crippen LogP contribution < -0.4 is 11.1 Å². The van der Waals surface area contributed by atoms with E-state index in [0.717, 1.165) is 19.3 Å². The van der Waals surface area contributed by atoms with Crippen LogP contribution in [0.2, 0.25) is 0 Å². The first-order valence-electron chi connectivity index (χ1n) is 6.83. The third kappa shape index (κ3) is 7.37. The minimum atomic E-state index is -0.0850. The van der Waals surface area contributed by atoms with Crippen molar-refractivity contribution in [1.82, 2.24) is 5.32 Å². The number of amides is 1. The molecule has 0 aliphatic carbocycles. The van der Waals surface area contributed by atoms with Crippen LogP contribution in [-0.4, -0.2) is 18.0 Å². The molecule has 1 atom stereocenters. The van der Waals surface area contributed by atoms with E-state index in [-0.39, 0.29) is 11.4 Å². The second-order valence-corrected chi connectivity index (χ2v) is 5.91. The molecule has 0 aromatic carbocycles. The maximum absolute atomic E-state index is 11.8. The smallest absolute Gasteiger partial charge is 0.220 e. The highest BCUT2D eigenvalue weighted by atomic mass is 16.1. The number of carbonyl (C=O) groups is 1. The largest absolute Gasteiger partial charge is 0.351 e. The monoisotopic (exact) mass is 242 g/mol. The van der Waals surface area contributed by atoms with Crippen LogP contribution in [0.4, 0.5) is 0 Å². The molecule has 0 fully saturated rings. The van der Waals surface area contributed by atoms with Crippen molar-refractivity contribution in [2.75, 3.05) is 6.54 Å². The summed E-state index contributed by atoms with van der Waals surface area (Å²) >= 11 is 0. The average Bonchev–Trinajstić information content (AvgIpc) is 2.23. The van der Waals surface area contributed by atoms with Gasteiger partial charge in [-0.25, -0.2) is 0 Å². The summed E-state index contributed by atoms with van der Waals surface area (Å²) in [5.41, 5.74) is 5.51. The van der Waals surface area contributed by atoms with E-state index in [1.165, 1.54) is 0 Å². The lowest BCUT2D eigenvalue weighted by atomic mass is 9.88. The second-order valence-electron chi connectivity index (χ2n) is 5.91. The first kappa shape index (κ1) is 16.4. The van der Waals surface area contributed by atoms with Crippen molar-refractivity contribution in [3.8, 4) is 0 Å². The van der Waals surface area contributed by atoms with Crippen molar-refractivity contribution < 1.29 is 4.79 Å². The van der Waals surface area contributed by atoms with Crippen LogP contribution in [0.3, 0.4) is 0 Å². The van der Waals surface area contributed by atoms with E-state index in [1.807, 2.05) is 0 Å². The van der Waals surface area contributed by atoms with Crippen LogP contribution in [0.15, 0.2) is 0 Å². The molecule has 0 spiro atoms. The molecule has 0 heterocycles. The standard InChI is InChI=1S/C14H30N2O/c1-6-14(4,5)16-13(17)8-7-12(9-10-15)11(2)3/h11-12H,6-10,15H2,1-5H3,(H,16,17). The lowest BCUT2D eigenvalue weighted by Gasteiger charge is -2.25. The highest BCUT2D eigenvalue weighted by molar-refractivity contribution is 5.76. The molecular formula is C14H30N2O. The molecule has 17 heavy (non-hydrogen) atoms. The summed E-state index contributed by atoms with van der Waals surface area (Å²) in [5.74, 6) is 1.33. The van der Waals surface area contributed by atoms with Crippen LogP contribution in [0, 0.1) is 11.8 Å². The highest BCUT2D eigenvalue weighted by Gasteiger charge is 2.19. The molecule has 0 bridgehead atoms. The number of hydrogen-bond donors (Lipinski definition) is 2. The summed E-state index contributed by atoms with van der Waals surface area (Å²) in [6.07, 6.45) is 3.53. The van der Waals surface area contributed by atoms with Gasteiger partial charge in [-0.1, -0.05) is 20.8 Å². The maximum Gasteiger partial charge on any atom is 0.220 e. The van der Waals surface area contributed by atoms with Crippen molar-refractivity contribution in [2.24, 2.45) is 17.6 Å². The Kier molecular flexibility index (Phi) is 7.44. The molecule has 0 aromatic rings. The fourth-order valence-electron chi connectivity index (χ4n) is 1.87. The molecule has 1 unspecified atom stereocenters.